The molecule has 132 valence electrons. The number of imidazole rings is 1. The maximum Gasteiger partial charge on any atom is 0.241 e. The van der Waals surface area contributed by atoms with E-state index in [1.165, 1.54) is 30.4 Å². The Kier molecular flexibility index (Phi) is 4.34. The molecule has 0 bridgehead atoms. The number of fused-ring (bicyclic) bond motifs is 1. The summed E-state index contributed by atoms with van der Waals surface area (Å²) in [7, 11) is 1.96. The predicted octanol–water partition coefficient (Wildman–Crippen LogP) is 2.06. The van der Waals surface area contributed by atoms with E-state index in [-0.39, 0.29) is 5.91 Å². The zero-order valence-electron chi connectivity index (χ0n) is 14.9. The molecule has 1 amide bonds. The molecule has 0 atom stereocenters. The Labute approximate surface area is 149 Å². The van der Waals surface area contributed by atoms with E-state index in [4.69, 9.17) is 0 Å². The van der Waals surface area contributed by atoms with Gasteiger partial charge in [-0.25, -0.2) is 4.98 Å². The molecule has 5 nitrogen and oxygen atoms in total. The number of nitrogens with one attached hydrogen (secondary N) is 1. The van der Waals surface area contributed by atoms with Gasteiger partial charge in [-0.3, -0.25) is 9.69 Å². The second-order valence-corrected chi connectivity index (χ2v) is 7.34. The van der Waals surface area contributed by atoms with Crippen molar-refractivity contribution < 1.29 is 4.79 Å². The number of piperidine rings is 1. The lowest BCUT2D eigenvalue weighted by molar-refractivity contribution is -0.134. The Bertz CT molecular complexity index is 736. The largest absolute Gasteiger partial charge is 0.347 e. The van der Waals surface area contributed by atoms with Crippen molar-refractivity contribution in [2.24, 2.45) is 7.05 Å². The number of hydrogen-bond donors (Lipinski definition) is 1. The molecule has 1 fully saturated rings. The van der Waals surface area contributed by atoms with Gasteiger partial charge in [0.25, 0.3) is 0 Å². The minimum absolute atomic E-state index is 0.147. The summed E-state index contributed by atoms with van der Waals surface area (Å²) < 4.78 is 1.96. The summed E-state index contributed by atoms with van der Waals surface area (Å²) in [5, 5.41) is 3.18. The van der Waals surface area contributed by atoms with Crippen LogP contribution in [-0.2, 0) is 31.2 Å². The van der Waals surface area contributed by atoms with Crippen molar-refractivity contribution >= 4 is 5.91 Å². The summed E-state index contributed by atoms with van der Waals surface area (Å²) in [6, 6.07) is 8.51. The topological polar surface area (TPSA) is 50.2 Å². The summed E-state index contributed by atoms with van der Waals surface area (Å²) in [5.41, 5.74) is 2.20. The highest BCUT2D eigenvalue weighted by Crippen LogP contribution is 2.36. The molecule has 4 rings (SSSR count). The highest BCUT2D eigenvalue weighted by atomic mass is 16.2. The van der Waals surface area contributed by atoms with Crippen LogP contribution in [0, 0.1) is 0 Å². The number of rotatable bonds is 4. The van der Waals surface area contributed by atoms with Gasteiger partial charge in [-0.05, 0) is 37.1 Å². The van der Waals surface area contributed by atoms with Crippen LogP contribution in [-0.4, -0.2) is 39.0 Å². The highest BCUT2D eigenvalue weighted by Gasteiger charge is 2.48. The number of likely N-dealkylation sites (tertiary alicyclic amines) is 1. The minimum atomic E-state index is -0.435. The van der Waals surface area contributed by atoms with Gasteiger partial charge in [0.1, 0.15) is 11.4 Å². The van der Waals surface area contributed by atoms with Crippen LogP contribution in [0.4, 0.5) is 0 Å². The van der Waals surface area contributed by atoms with Gasteiger partial charge in [0.15, 0.2) is 0 Å². The van der Waals surface area contributed by atoms with Crippen molar-refractivity contribution in [2.75, 3.05) is 13.1 Å². The molecule has 2 heterocycles. The maximum absolute atomic E-state index is 13.4. The molecule has 0 saturated carbocycles. The first-order valence-electron chi connectivity index (χ1n) is 9.25. The number of amides is 1. The van der Waals surface area contributed by atoms with Crippen LogP contribution in [0.1, 0.15) is 36.2 Å². The molecule has 0 radical (unpaired) electrons. The number of aromatic nitrogens is 2. The van der Waals surface area contributed by atoms with E-state index in [1.54, 1.807) is 6.20 Å². The summed E-state index contributed by atoms with van der Waals surface area (Å²) in [4.78, 5) is 20.1. The molecule has 5 heteroatoms. The number of benzene rings is 1. The summed E-state index contributed by atoms with van der Waals surface area (Å²) >= 11 is 0. The van der Waals surface area contributed by atoms with E-state index in [2.05, 4.69) is 39.5 Å². The summed E-state index contributed by atoms with van der Waals surface area (Å²) in [5.74, 6) is 1.03. The number of carbonyl (C=O) groups excluding carboxylic acids is 1. The van der Waals surface area contributed by atoms with Gasteiger partial charge in [-0.15, -0.1) is 0 Å². The lowest BCUT2D eigenvalue weighted by Gasteiger charge is -2.42. The highest BCUT2D eigenvalue weighted by molar-refractivity contribution is 5.88. The van der Waals surface area contributed by atoms with Crippen molar-refractivity contribution in [2.45, 2.75) is 44.2 Å². The number of carbonyl (C=O) groups is 1. The summed E-state index contributed by atoms with van der Waals surface area (Å²) in [6.07, 6.45) is 8.95. The fourth-order valence-corrected chi connectivity index (χ4v) is 4.34. The Balaban J connectivity index is 1.57. The third kappa shape index (κ3) is 2.97. The van der Waals surface area contributed by atoms with Crippen molar-refractivity contribution in [3.05, 3.63) is 53.6 Å². The van der Waals surface area contributed by atoms with Crippen LogP contribution in [0.5, 0.6) is 0 Å². The first kappa shape index (κ1) is 16.3. The number of aryl methyl sites for hydroxylation is 1. The molecule has 1 aliphatic heterocycles. The van der Waals surface area contributed by atoms with Gasteiger partial charge < -0.3 is 9.88 Å². The van der Waals surface area contributed by atoms with Crippen LogP contribution in [0.3, 0.4) is 0 Å². The van der Waals surface area contributed by atoms with E-state index < -0.39 is 5.54 Å². The first-order chi connectivity index (χ1) is 12.2. The molecule has 2 aliphatic rings. The molecule has 0 unspecified atom stereocenters. The van der Waals surface area contributed by atoms with Crippen molar-refractivity contribution in [1.82, 2.24) is 19.8 Å². The average Bonchev–Trinajstić information content (AvgIpc) is 3.24. The zero-order valence-corrected chi connectivity index (χ0v) is 14.9. The van der Waals surface area contributed by atoms with Crippen LogP contribution < -0.4 is 5.32 Å². The first-order valence-corrected chi connectivity index (χ1v) is 9.25. The molecule has 1 saturated heterocycles. The van der Waals surface area contributed by atoms with E-state index in [0.29, 0.717) is 6.54 Å². The van der Waals surface area contributed by atoms with Crippen LogP contribution in [0.25, 0.3) is 0 Å². The molecule has 1 N–H and O–H groups in total. The van der Waals surface area contributed by atoms with Gasteiger partial charge in [0.05, 0.1) is 6.54 Å². The standard InChI is InChI=1S/C20H26N4O/c1-23-12-9-21-18(23)15-22-19(25)20(24-10-5-2-6-11-24)13-16-7-3-4-8-17(16)14-20/h3-4,7-9,12H,2,5-6,10-11,13-15H2,1H3,(H,22,25). The summed E-state index contributed by atoms with van der Waals surface area (Å²) in [6.45, 7) is 2.52. The maximum atomic E-state index is 13.4. The second-order valence-electron chi connectivity index (χ2n) is 7.34. The van der Waals surface area contributed by atoms with Crippen molar-refractivity contribution in [3.63, 3.8) is 0 Å². The Morgan fingerprint density at radius 1 is 1.16 bits per heavy atom. The third-order valence-electron chi connectivity index (χ3n) is 5.80. The van der Waals surface area contributed by atoms with Gasteiger partial charge in [0.2, 0.25) is 5.91 Å². The molecule has 1 aliphatic carbocycles. The van der Waals surface area contributed by atoms with Crippen LogP contribution in [0.2, 0.25) is 0 Å². The lowest BCUT2D eigenvalue weighted by Crippen LogP contribution is -2.60. The molecule has 1 aromatic heterocycles. The monoisotopic (exact) mass is 338 g/mol. The normalized spacial score (nSPS) is 19.6. The molecular formula is C20H26N4O. The molecule has 25 heavy (non-hydrogen) atoms. The Morgan fingerprint density at radius 3 is 2.44 bits per heavy atom. The van der Waals surface area contributed by atoms with E-state index in [0.717, 1.165) is 31.8 Å². The molecule has 2 aromatic rings. The SMILES string of the molecule is Cn1ccnc1CNC(=O)C1(N2CCCCC2)Cc2ccccc2C1. The number of nitrogens with zero attached hydrogens (tertiary/aromatic N) is 3. The van der Waals surface area contributed by atoms with Gasteiger partial charge in [-0.1, -0.05) is 30.7 Å². The average molecular weight is 338 g/mol. The van der Waals surface area contributed by atoms with Gasteiger partial charge >= 0.3 is 0 Å². The molecule has 0 spiro atoms. The molecular weight excluding hydrogens is 312 g/mol. The van der Waals surface area contributed by atoms with Crippen molar-refractivity contribution in [1.29, 1.82) is 0 Å². The fourth-order valence-electron chi connectivity index (χ4n) is 4.34. The molecule has 1 aromatic carbocycles. The quantitative estimate of drug-likeness (QED) is 0.928. The Morgan fingerprint density at radius 2 is 1.84 bits per heavy atom. The Hall–Kier alpha value is -2.14. The van der Waals surface area contributed by atoms with E-state index >= 15 is 0 Å². The fraction of sp³-hybridized carbons (Fsp3) is 0.500. The van der Waals surface area contributed by atoms with Gasteiger partial charge in [-0.2, -0.15) is 0 Å². The van der Waals surface area contributed by atoms with Crippen molar-refractivity contribution in [3.8, 4) is 0 Å². The second kappa shape index (κ2) is 6.64. The van der Waals surface area contributed by atoms with E-state index in [9.17, 15) is 4.79 Å². The lowest BCUT2D eigenvalue weighted by atomic mass is 9.89. The van der Waals surface area contributed by atoms with Crippen LogP contribution >= 0.6 is 0 Å². The van der Waals surface area contributed by atoms with Crippen LogP contribution in [0.15, 0.2) is 36.7 Å². The predicted molar refractivity (Wildman–Crippen MR) is 97.1 cm³/mol. The van der Waals surface area contributed by atoms with E-state index in [1.807, 2.05) is 17.8 Å². The van der Waals surface area contributed by atoms with Gasteiger partial charge in [0, 0.05) is 32.3 Å². The minimum Gasteiger partial charge on any atom is -0.347 e. The smallest absolute Gasteiger partial charge is 0.241 e. The third-order valence-corrected chi connectivity index (χ3v) is 5.80. The number of hydrogen-bond acceptors (Lipinski definition) is 3. The zero-order chi connectivity index (χ0) is 17.3.